The van der Waals surface area contributed by atoms with Gasteiger partial charge in [-0.2, -0.15) is 23.5 Å². The maximum atomic E-state index is 11.9. The zero-order chi connectivity index (χ0) is 13.0. The number of amides is 1. The van der Waals surface area contributed by atoms with Crippen molar-refractivity contribution in [2.75, 3.05) is 23.8 Å². The Morgan fingerprint density at radius 3 is 2.89 bits per heavy atom. The first kappa shape index (κ1) is 13.4. The van der Waals surface area contributed by atoms with Crippen molar-refractivity contribution in [1.29, 1.82) is 0 Å². The molecular weight excluding hydrogens is 270 g/mol. The average molecular weight is 285 g/mol. The van der Waals surface area contributed by atoms with Crippen LogP contribution in [0.3, 0.4) is 0 Å². The molecule has 1 saturated heterocycles. The summed E-state index contributed by atoms with van der Waals surface area (Å²) in [6, 6.07) is 3.97. The van der Waals surface area contributed by atoms with Gasteiger partial charge in [-0.1, -0.05) is 0 Å². The molecule has 1 aromatic rings. The molecule has 1 aliphatic heterocycles. The van der Waals surface area contributed by atoms with Gasteiger partial charge in [-0.15, -0.1) is 0 Å². The normalized spacial score (nSPS) is 19.4. The van der Waals surface area contributed by atoms with Crippen LogP contribution in [0.15, 0.2) is 18.2 Å². The maximum absolute atomic E-state index is 11.9. The van der Waals surface area contributed by atoms with Gasteiger partial charge in [0.15, 0.2) is 0 Å². The zero-order valence-corrected chi connectivity index (χ0v) is 11.4. The Hall–Kier alpha value is -1.01. The molecular formula is C12H15NO3S2. The average Bonchev–Trinajstić information content (AvgIpc) is 2.37. The van der Waals surface area contributed by atoms with Gasteiger partial charge >= 0.3 is 0 Å². The van der Waals surface area contributed by atoms with Crippen LogP contribution in [0, 0.1) is 0 Å². The summed E-state index contributed by atoms with van der Waals surface area (Å²) in [5.41, 5.74) is 0.196. The minimum Gasteiger partial charge on any atom is -0.508 e. The molecule has 1 fully saturated rings. The number of hydrogen-bond acceptors (Lipinski definition) is 5. The first-order chi connectivity index (χ1) is 8.66. The lowest BCUT2D eigenvalue weighted by molar-refractivity contribution is 0.0951. The van der Waals surface area contributed by atoms with Gasteiger partial charge < -0.3 is 15.5 Å². The van der Waals surface area contributed by atoms with Gasteiger partial charge in [0.2, 0.25) is 0 Å². The molecule has 1 heterocycles. The van der Waals surface area contributed by atoms with Crippen LogP contribution in [0.1, 0.15) is 10.4 Å². The van der Waals surface area contributed by atoms with E-state index >= 15 is 0 Å². The molecule has 0 aliphatic carbocycles. The van der Waals surface area contributed by atoms with Gasteiger partial charge in [-0.3, -0.25) is 4.79 Å². The van der Waals surface area contributed by atoms with Gasteiger partial charge in [0.25, 0.3) is 5.91 Å². The Labute approximate surface area is 114 Å². The van der Waals surface area contributed by atoms with E-state index in [9.17, 15) is 9.90 Å². The van der Waals surface area contributed by atoms with Crippen LogP contribution in [-0.2, 0) is 0 Å². The minimum atomic E-state index is -0.302. The third-order valence-electron chi connectivity index (χ3n) is 2.60. The highest BCUT2D eigenvalue weighted by atomic mass is 32.2. The molecule has 1 aromatic carbocycles. The molecule has 1 amide bonds. The fourth-order valence-electron chi connectivity index (χ4n) is 1.67. The summed E-state index contributed by atoms with van der Waals surface area (Å²) in [6.45, 7) is 0.608. The lowest BCUT2D eigenvalue weighted by atomic mass is 10.2. The molecule has 6 heteroatoms. The van der Waals surface area contributed by atoms with Crippen molar-refractivity contribution in [1.82, 2.24) is 5.32 Å². The van der Waals surface area contributed by atoms with Crippen LogP contribution >= 0.6 is 23.5 Å². The number of carbonyl (C=O) groups is 1. The highest BCUT2D eigenvalue weighted by molar-refractivity contribution is 8.06. The molecule has 1 unspecified atom stereocenters. The summed E-state index contributed by atoms with van der Waals surface area (Å²) in [7, 11) is 0. The van der Waals surface area contributed by atoms with Crippen molar-refractivity contribution in [3.05, 3.63) is 23.8 Å². The molecule has 1 aliphatic rings. The van der Waals surface area contributed by atoms with Crippen LogP contribution in [0.25, 0.3) is 0 Å². The van der Waals surface area contributed by atoms with Crippen molar-refractivity contribution < 1.29 is 15.0 Å². The number of nitrogens with one attached hydrogen (secondary N) is 1. The van der Waals surface area contributed by atoms with Gasteiger partial charge in [0, 0.05) is 35.1 Å². The number of benzene rings is 1. The van der Waals surface area contributed by atoms with E-state index in [4.69, 9.17) is 5.11 Å². The standard InChI is InChI=1S/C12H15NO3S2/c14-8-1-2-10(11(15)5-8)12(16)13-6-9-7-17-3-4-18-9/h1-2,5,9,14-15H,3-4,6-7H2,(H,13,16). The van der Waals surface area contributed by atoms with Gasteiger partial charge in [-0.05, 0) is 12.1 Å². The van der Waals surface area contributed by atoms with Crippen LogP contribution in [0.2, 0.25) is 0 Å². The first-order valence-corrected chi connectivity index (χ1v) is 7.86. The van der Waals surface area contributed by atoms with E-state index in [0.717, 1.165) is 11.5 Å². The number of aromatic hydroxyl groups is 2. The Balaban J connectivity index is 1.90. The fraction of sp³-hybridized carbons (Fsp3) is 0.417. The second-order valence-electron chi connectivity index (χ2n) is 3.98. The maximum Gasteiger partial charge on any atom is 0.255 e. The third-order valence-corrected chi connectivity index (χ3v) is 5.45. The summed E-state index contributed by atoms with van der Waals surface area (Å²) >= 11 is 3.77. The molecule has 1 atom stereocenters. The SMILES string of the molecule is O=C(NCC1CSCCS1)c1ccc(O)cc1O. The molecule has 0 spiro atoms. The molecule has 0 radical (unpaired) electrons. The van der Waals surface area contributed by atoms with Crippen molar-refractivity contribution in [3.63, 3.8) is 0 Å². The Bertz CT molecular complexity index is 433. The lowest BCUT2D eigenvalue weighted by Crippen LogP contribution is -2.33. The molecule has 2 rings (SSSR count). The lowest BCUT2D eigenvalue weighted by Gasteiger charge is -2.21. The molecule has 3 N–H and O–H groups in total. The van der Waals surface area contributed by atoms with E-state index in [2.05, 4.69) is 5.32 Å². The molecule has 4 nitrogen and oxygen atoms in total. The number of rotatable bonds is 3. The first-order valence-electron chi connectivity index (χ1n) is 5.66. The van der Waals surface area contributed by atoms with Crippen LogP contribution in [0.5, 0.6) is 11.5 Å². The van der Waals surface area contributed by atoms with E-state index in [1.165, 1.54) is 24.0 Å². The van der Waals surface area contributed by atoms with E-state index < -0.39 is 0 Å². The highest BCUT2D eigenvalue weighted by Gasteiger charge is 2.17. The second-order valence-corrected chi connectivity index (χ2v) is 6.54. The number of phenols is 2. The van der Waals surface area contributed by atoms with Crippen molar-refractivity contribution in [2.24, 2.45) is 0 Å². The topological polar surface area (TPSA) is 69.6 Å². The Morgan fingerprint density at radius 1 is 1.39 bits per heavy atom. The minimum absolute atomic E-state index is 0.0525. The van der Waals surface area contributed by atoms with Gasteiger partial charge in [0.05, 0.1) is 5.56 Å². The zero-order valence-electron chi connectivity index (χ0n) is 9.76. The number of phenolic OH excluding ortho intramolecular Hbond substituents is 2. The van der Waals surface area contributed by atoms with Crippen molar-refractivity contribution in [2.45, 2.75) is 5.25 Å². The monoisotopic (exact) mass is 285 g/mol. The van der Waals surface area contributed by atoms with Crippen LogP contribution in [0.4, 0.5) is 0 Å². The summed E-state index contributed by atoms with van der Waals surface area (Å²) < 4.78 is 0. The van der Waals surface area contributed by atoms with Crippen molar-refractivity contribution >= 4 is 29.4 Å². The number of carbonyl (C=O) groups excluding carboxylic acids is 1. The van der Waals surface area contributed by atoms with Crippen LogP contribution in [-0.4, -0.2) is 45.2 Å². The predicted octanol–water partition coefficient (Wildman–Crippen LogP) is 1.68. The largest absolute Gasteiger partial charge is 0.508 e. The third kappa shape index (κ3) is 3.49. The van der Waals surface area contributed by atoms with Crippen LogP contribution < -0.4 is 5.32 Å². The molecule has 98 valence electrons. The quantitative estimate of drug-likeness (QED) is 0.788. The Kier molecular flexibility index (Phi) is 4.66. The predicted molar refractivity (Wildman–Crippen MR) is 75.7 cm³/mol. The van der Waals surface area contributed by atoms with E-state index in [1.54, 1.807) is 0 Å². The molecule has 0 saturated carbocycles. The smallest absolute Gasteiger partial charge is 0.255 e. The molecule has 18 heavy (non-hydrogen) atoms. The summed E-state index contributed by atoms with van der Waals surface area (Å²) in [4.78, 5) is 11.9. The summed E-state index contributed by atoms with van der Waals surface area (Å²) in [5, 5.41) is 22.0. The van der Waals surface area contributed by atoms with Gasteiger partial charge in [0.1, 0.15) is 11.5 Å². The van der Waals surface area contributed by atoms with E-state index in [1.807, 2.05) is 23.5 Å². The highest BCUT2D eigenvalue weighted by Crippen LogP contribution is 2.24. The second kappa shape index (κ2) is 6.24. The van der Waals surface area contributed by atoms with Gasteiger partial charge in [-0.25, -0.2) is 0 Å². The fourth-order valence-corrected chi connectivity index (χ4v) is 4.28. The summed E-state index contributed by atoms with van der Waals surface area (Å²) in [5.74, 6) is 2.79. The number of hydrogen-bond donors (Lipinski definition) is 3. The summed E-state index contributed by atoms with van der Waals surface area (Å²) in [6.07, 6.45) is 0. The molecule has 0 bridgehead atoms. The Morgan fingerprint density at radius 2 is 2.22 bits per heavy atom. The number of thioether (sulfide) groups is 2. The molecule has 0 aromatic heterocycles. The van der Waals surface area contributed by atoms with E-state index in [0.29, 0.717) is 11.8 Å². The van der Waals surface area contributed by atoms with Crippen molar-refractivity contribution in [3.8, 4) is 11.5 Å². The van der Waals surface area contributed by atoms with E-state index in [-0.39, 0.29) is 23.0 Å².